The van der Waals surface area contributed by atoms with Gasteiger partial charge in [0, 0.05) is 81.5 Å². The van der Waals surface area contributed by atoms with Crippen LogP contribution in [0.25, 0.3) is 33.6 Å². The number of nitrogens with zero attached hydrogens (tertiary/aromatic N) is 11. The van der Waals surface area contributed by atoms with Gasteiger partial charge >= 0.3 is 0 Å². The number of pyridine rings is 1. The molecule has 0 aliphatic carbocycles. The Morgan fingerprint density at radius 2 is 0.963 bits per heavy atom. The van der Waals surface area contributed by atoms with Crippen LogP contribution in [0, 0.1) is 0 Å². The zero-order chi connectivity index (χ0) is 36.9. The Kier molecular flexibility index (Phi) is 11.6. The van der Waals surface area contributed by atoms with E-state index in [1.54, 1.807) is 11.8 Å². The molecule has 282 valence electrons. The highest BCUT2D eigenvalue weighted by atomic mass is 32.2. The molecular weight excluding hydrogens is 691 g/mol. The lowest BCUT2D eigenvalue weighted by Gasteiger charge is -2.32. The number of aromatic nitrogens is 1. The van der Waals surface area contributed by atoms with Crippen molar-refractivity contribution in [3.8, 4) is 33.6 Å². The molecule has 54 heavy (non-hydrogen) atoms. The number of rotatable bonds is 12. The zero-order valence-electron chi connectivity index (χ0n) is 32.0. The Balaban J connectivity index is 0.949. The second-order valence-electron chi connectivity index (χ2n) is 15.2. The van der Waals surface area contributed by atoms with E-state index in [9.17, 15) is 0 Å². The number of hydrogen-bond acceptors (Lipinski definition) is 12. The van der Waals surface area contributed by atoms with Crippen LogP contribution in [-0.2, 0) is 0 Å². The fraction of sp³-hybridized carbons (Fsp3) is 0.452. The van der Waals surface area contributed by atoms with Crippen LogP contribution in [0.4, 0.5) is 11.4 Å². The van der Waals surface area contributed by atoms with Crippen LogP contribution in [-0.4, -0.2) is 136 Å². The Morgan fingerprint density at radius 1 is 0.537 bits per heavy atom. The molecule has 5 heterocycles. The zero-order valence-corrected chi connectivity index (χ0v) is 32.8. The number of likely N-dealkylation sites (N-methyl/N-ethyl adjacent to an activating group) is 2. The van der Waals surface area contributed by atoms with Crippen LogP contribution in [0.3, 0.4) is 0 Å². The summed E-state index contributed by atoms with van der Waals surface area (Å²) in [5.74, 6) is 0. The normalized spacial score (nSPS) is 21.5. The van der Waals surface area contributed by atoms with Gasteiger partial charge in [-0.3, -0.25) is 0 Å². The first kappa shape index (κ1) is 36.8. The molecule has 4 aliphatic heterocycles. The van der Waals surface area contributed by atoms with Gasteiger partial charge in [-0.1, -0.05) is 46.8 Å². The van der Waals surface area contributed by atoms with Gasteiger partial charge in [0.1, 0.15) is 0 Å². The van der Waals surface area contributed by atoms with Gasteiger partial charge in [-0.2, -0.15) is 10.2 Å². The molecule has 12 heteroatoms. The molecule has 0 saturated carbocycles. The maximum Gasteiger partial charge on any atom is 0.0938 e. The van der Waals surface area contributed by atoms with Crippen molar-refractivity contribution in [1.29, 1.82) is 0 Å². The van der Waals surface area contributed by atoms with Crippen LogP contribution < -0.4 is 10.0 Å². The first-order valence-electron chi connectivity index (χ1n) is 19.5. The van der Waals surface area contributed by atoms with E-state index in [0.717, 1.165) is 131 Å². The average Bonchev–Trinajstić information content (AvgIpc) is 3.91. The summed E-state index contributed by atoms with van der Waals surface area (Å²) >= 11 is 1.76. The number of benzene rings is 3. The lowest BCUT2D eigenvalue weighted by atomic mass is 9.99. The minimum absolute atomic E-state index is 0.233. The first-order chi connectivity index (χ1) is 26.5. The van der Waals surface area contributed by atoms with Crippen LogP contribution in [0.1, 0.15) is 12.8 Å². The van der Waals surface area contributed by atoms with Crippen molar-refractivity contribution >= 4 is 23.1 Å². The standard InChI is InChI=1S/C42H53N11S/c1-48-20-24-50(25-21-48)18-16-36-30-52(46-44-36)38-10-4-33(5-11-38)41-28-35(32-8-14-40(54-3)15-9-32)29-42(43-41)34-6-12-39(13-7-34)53-31-37(45-47-53)17-19-51-26-22-49(2)23-27-51/h4-15,28-29,36-37H,16-27,30-31H2,1-3H3. The summed E-state index contributed by atoms with van der Waals surface area (Å²) in [7, 11) is 4.41. The molecule has 2 unspecified atom stereocenters. The van der Waals surface area contributed by atoms with Crippen molar-refractivity contribution in [2.45, 2.75) is 29.8 Å². The van der Waals surface area contributed by atoms with Gasteiger partial charge in [0.25, 0.3) is 0 Å². The van der Waals surface area contributed by atoms with Gasteiger partial charge < -0.3 is 19.6 Å². The molecule has 0 radical (unpaired) electrons. The highest BCUT2D eigenvalue weighted by molar-refractivity contribution is 7.98. The topological polar surface area (TPSA) is 81.8 Å². The Morgan fingerprint density at radius 3 is 1.39 bits per heavy atom. The van der Waals surface area contributed by atoms with E-state index in [2.05, 4.69) is 146 Å². The molecule has 0 bridgehead atoms. The summed E-state index contributed by atoms with van der Waals surface area (Å²) in [6, 6.07) is 30.9. The molecule has 0 N–H and O–H groups in total. The summed E-state index contributed by atoms with van der Waals surface area (Å²) in [5.41, 5.74) is 8.46. The van der Waals surface area contributed by atoms with Crippen LogP contribution >= 0.6 is 11.8 Å². The van der Waals surface area contributed by atoms with Gasteiger partial charge in [0.05, 0.1) is 47.9 Å². The summed E-state index contributed by atoms with van der Waals surface area (Å²) in [6.45, 7) is 12.9. The second kappa shape index (κ2) is 17.1. The smallest absolute Gasteiger partial charge is 0.0938 e. The Labute approximate surface area is 324 Å². The molecule has 0 spiro atoms. The van der Waals surface area contributed by atoms with Crippen LogP contribution in [0.5, 0.6) is 0 Å². The molecule has 3 aromatic carbocycles. The van der Waals surface area contributed by atoms with E-state index in [4.69, 9.17) is 4.98 Å². The van der Waals surface area contributed by atoms with E-state index in [1.165, 1.54) is 10.5 Å². The van der Waals surface area contributed by atoms with Crippen LogP contribution in [0.2, 0.25) is 0 Å². The Hall–Kier alpha value is -4.20. The van der Waals surface area contributed by atoms with Crippen molar-refractivity contribution in [1.82, 2.24) is 24.6 Å². The molecule has 4 aliphatic rings. The summed E-state index contributed by atoms with van der Waals surface area (Å²) < 4.78 is 0. The predicted molar refractivity (Wildman–Crippen MR) is 221 cm³/mol. The fourth-order valence-electron chi connectivity index (χ4n) is 7.62. The van der Waals surface area contributed by atoms with Crippen LogP contribution in [0.15, 0.2) is 110 Å². The number of hydrogen-bond donors (Lipinski definition) is 0. The largest absolute Gasteiger partial charge is 0.304 e. The van der Waals surface area contributed by atoms with E-state index >= 15 is 0 Å². The highest BCUT2D eigenvalue weighted by Gasteiger charge is 2.24. The lowest BCUT2D eigenvalue weighted by Crippen LogP contribution is -2.45. The van der Waals surface area contributed by atoms with Gasteiger partial charge in [0.2, 0.25) is 0 Å². The van der Waals surface area contributed by atoms with Gasteiger partial charge in [-0.25, -0.2) is 15.0 Å². The van der Waals surface area contributed by atoms with Gasteiger partial charge in [-0.05, 0) is 92.9 Å². The summed E-state index contributed by atoms with van der Waals surface area (Å²) in [6.07, 6.45) is 4.20. The monoisotopic (exact) mass is 743 g/mol. The number of thioether (sulfide) groups is 1. The van der Waals surface area contributed by atoms with Crippen molar-refractivity contribution in [3.05, 3.63) is 84.9 Å². The second-order valence-corrected chi connectivity index (χ2v) is 16.1. The molecule has 1 aromatic heterocycles. The maximum atomic E-state index is 5.23. The third-order valence-electron chi connectivity index (χ3n) is 11.3. The minimum Gasteiger partial charge on any atom is -0.304 e. The SMILES string of the molecule is CSc1ccc(-c2cc(-c3ccc(N4CC(CCN5CCN(C)CC5)N=N4)cc3)nc(-c3ccc(N4CC(CCN5CCN(C)CC5)N=N4)cc3)c2)cc1. The van der Waals surface area contributed by atoms with E-state index in [-0.39, 0.29) is 12.1 Å². The highest BCUT2D eigenvalue weighted by Crippen LogP contribution is 2.34. The molecule has 2 saturated heterocycles. The summed E-state index contributed by atoms with van der Waals surface area (Å²) in [5, 5.41) is 22.4. The molecule has 2 fully saturated rings. The molecule has 2 atom stereocenters. The molecule has 0 amide bonds. The molecular formula is C42H53N11S. The van der Waals surface area contributed by atoms with E-state index < -0.39 is 0 Å². The molecule has 8 rings (SSSR count). The quantitative estimate of drug-likeness (QED) is 0.141. The number of anilines is 2. The summed E-state index contributed by atoms with van der Waals surface area (Å²) in [4.78, 5) is 16.4. The third-order valence-corrected chi connectivity index (χ3v) is 12.1. The van der Waals surface area contributed by atoms with Gasteiger partial charge in [0.15, 0.2) is 0 Å². The predicted octanol–water partition coefficient (Wildman–Crippen LogP) is 7.19. The van der Waals surface area contributed by atoms with Crippen molar-refractivity contribution in [2.75, 3.05) is 109 Å². The fourth-order valence-corrected chi connectivity index (χ4v) is 8.03. The Bertz CT molecular complexity index is 1770. The average molecular weight is 744 g/mol. The first-order valence-corrected chi connectivity index (χ1v) is 20.7. The van der Waals surface area contributed by atoms with E-state index in [0.29, 0.717) is 0 Å². The van der Waals surface area contributed by atoms with Crippen molar-refractivity contribution in [2.24, 2.45) is 20.7 Å². The van der Waals surface area contributed by atoms with E-state index in [1.807, 2.05) is 10.0 Å². The number of piperazine rings is 2. The molecule has 11 nitrogen and oxygen atoms in total. The maximum absolute atomic E-state index is 5.23. The lowest BCUT2D eigenvalue weighted by molar-refractivity contribution is 0.151. The van der Waals surface area contributed by atoms with Crippen molar-refractivity contribution < 1.29 is 0 Å². The third kappa shape index (κ3) is 9.01. The minimum atomic E-state index is 0.233. The molecule has 4 aromatic rings. The van der Waals surface area contributed by atoms with Crippen molar-refractivity contribution in [3.63, 3.8) is 0 Å². The van der Waals surface area contributed by atoms with Gasteiger partial charge in [-0.15, -0.1) is 11.8 Å².